The van der Waals surface area contributed by atoms with Gasteiger partial charge >= 0.3 is 0 Å². The number of carbonyl (C=O) groups excluding carboxylic acids is 1. The molecule has 0 saturated carbocycles. The van der Waals surface area contributed by atoms with Crippen molar-refractivity contribution in [2.24, 2.45) is 0 Å². The minimum absolute atomic E-state index is 0.312. The molecule has 0 radical (unpaired) electrons. The van der Waals surface area contributed by atoms with Gasteiger partial charge in [0, 0.05) is 11.9 Å². The van der Waals surface area contributed by atoms with Crippen molar-refractivity contribution in [2.45, 2.75) is 6.92 Å². The maximum absolute atomic E-state index is 12.0. The van der Waals surface area contributed by atoms with Crippen LogP contribution in [0.3, 0.4) is 0 Å². The topological polar surface area (TPSA) is 42.0 Å². The number of carbonyl (C=O) groups is 1. The standard InChI is InChI=1S/C13H9Cl3N2O/c1-7-2-3-8(6-17-7)13(19)18-12-5-10(15)9(14)4-11(12)16/h2-6H,1H3,(H,18,19). The third-order valence-corrected chi connectivity index (χ3v) is 3.47. The highest BCUT2D eigenvalue weighted by atomic mass is 35.5. The summed E-state index contributed by atoms with van der Waals surface area (Å²) in [6.45, 7) is 1.84. The molecule has 0 saturated heterocycles. The Hall–Kier alpha value is -1.29. The average molecular weight is 316 g/mol. The van der Waals surface area contributed by atoms with Crippen LogP contribution in [0.2, 0.25) is 15.1 Å². The van der Waals surface area contributed by atoms with E-state index in [1.165, 1.54) is 18.3 Å². The molecule has 98 valence electrons. The van der Waals surface area contributed by atoms with Gasteiger partial charge in [0.25, 0.3) is 5.91 Å². The number of rotatable bonds is 2. The van der Waals surface area contributed by atoms with Crippen LogP contribution in [0.1, 0.15) is 16.1 Å². The second-order valence-electron chi connectivity index (χ2n) is 3.89. The molecule has 0 spiro atoms. The number of hydrogen-bond acceptors (Lipinski definition) is 2. The molecule has 0 fully saturated rings. The molecule has 0 aliphatic heterocycles. The molecule has 0 unspecified atom stereocenters. The zero-order valence-corrected chi connectivity index (χ0v) is 12.1. The number of aryl methyl sites for hydroxylation is 1. The number of benzene rings is 1. The van der Waals surface area contributed by atoms with E-state index in [1.807, 2.05) is 6.92 Å². The van der Waals surface area contributed by atoms with E-state index in [0.717, 1.165) is 5.69 Å². The van der Waals surface area contributed by atoms with E-state index in [4.69, 9.17) is 34.8 Å². The highest BCUT2D eigenvalue weighted by Gasteiger charge is 2.11. The molecular weight excluding hydrogens is 307 g/mol. The predicted octanol–water partition coefficient (Wildman–Crippen LogP) is 4.60. The summed E-state index contributed by atoms with van der Waals surface area (Å²) in [6, 6.07) is 6.43. The first-order valence-electron chi connectivity index (χ1n) is 5.36. The number of hydrogen-bond donors (Lipinski definition) is 1. The molecule has 0 aliphatic rings. The maximum Gasteiger partial charge on any atom is 0.257 e. The highest BCUT2D eigenvalue weighted by molar-refractivity contribution is 6.44. The van der Waals surface area contributed by atoms with Gasteiger partial charge in [0.2, 0.25) is 0 Å². The number of halogens is 3. The van der Waals surface area contributed by atoms with E-state index in [0.29, 0.717) is 26.3 Å². The van der Waals surface area contributed by atoms with E-state index in [9.17, 15) is 4.79 Å². The molecule has 0 atom stereocenters. The molecule has 1 N–H and O–H groups in total. The molecule has 2 rings (SSSR count). The molecule has 1 aromatic carbocycles. The molecule has 1 aromatic heterocycles. The predicted molar refractivity (Wildman–Crippen MR) is 78.4 cm³/mol. The summed E-state index contributed by atoms with van der Waals surface area (Å²) in [5, 5.41) is 3.64. The highest BCUT2D eigenvalue weighted by Crippen LogP contribution is 2.32. The van der Waals surface area contributed by atoms with Crippen LogP contribution in [-0.2, 0) is 0 Å². The van der Waals surface area contributed by atoms with Gasteiger partial charge < -0.3 is 5.32 Å². The summed E-state index contributed by atoms with van der Waals surface area (Å²) in [5.41, 5.74) is 1.68. The van der Waals surface area contributed by atoms with Crippen molar-refractivity contribution in [3.63, 3.8) is 0 Å². The van der Waals surface area contributed by atoms with Gasteiger partial charge in [0.15, 0.2) is 0 Å². The SMILES string of the molecule is Cc1ccc(C(=O)Nc2cc(Cl)c(Cl)cc2Cl)cn1. The lowest BCUT2D eigenvalue weighted by Gasteiger charge is -2.08. The quantitative estimate of drug-likeness (QED) is 0.823. The van der Waals surface area contributed by atoms with Crippen LogP contribution >= 0.6 is 34.8 Å². The maximum atomic E-state index is 12.0. The number of amides is 1. The van der Waals surface area contributed by atoms with Crippen LogP contribution in [0.15, 0.2) is 30.5 Å². The molecule has 0 bridgehead atoms. The van der Waals surface area contributed by atoms with Crippen molar-refractivity contribution >= 4 is 46.4 Å². The number of nitrogens with zero attached hydrogens (tertiary/aromatic N) is 1. The molecule has 1 heterocycles. The number of anilines is 1. The largest absolute Gasteiger partial charge is 0.321 e. The van der Waals surface area contributed by atoms with Gasteiger partial charge in [0.05, 0.1) is 26.3 Å². The second-order valence-corrected chi connectivity index (χ2v) is 5.11. The summed E-state index contributed by atoms with van der Waals surface area (Å²) in [5.74, 6) is -0.312. The fourth-order valence-corrected chi connectivity index (χ4v) is 2.01. The zero-order chi connectivity index (χ0) is 14.0. The molecule has 19 heavy (non-hydrogen) atoms. The van der Waals surface area contributed by atoms with Crippen molar-refractivity contribution in [2.75, 3.05) is 5.32 Å². The number of aromatic nitrogens is 1. The van der Waals surface area contributed by atoms with E-state index in [2.05, 4.69) is 10.3 Å². The van der Waals surface area contributed by atoms with Gasteiger partial charge in [-0.2, -0.15) is 0 Å². The van der Waals surface area contributed by atoms with E-state index >= 15 is 0 Å². The Labute approximate surface area is 125 Å². The van der Waals surface area contributed by atoms with Gasteiger partial charge in [-0.05, 0) is 31.2 Å². The lowest BCUT2D eigenvalue weighted by atomic mass is 10.2. The molecule has 0 aliphatic carbocycles. The van der Waals surface area contributed by atoms with Crippen molar-refractivity contribution in [3.05, 3.63) is 56.8 Å². The Morgan fingerprint density at radius 1 is 1.11 bits per heavy atom. The van der Waals surface area contributed by atoms with Crippen LogP contribution < -0.4 is 5.32 Å². The smallest absolute Gasteiger partial charge is 0.257 e. The summed E-state index contributed by atoms with van der Waals surface area (Å²) < 4.78 is 0. The summed E-state index contributed by atoms with van der Waals surface area (Å²) >= 11 is 17.7. The lowest BCUT2D eigenvalue weighted by molar-refractivity contribution is 0.102. The molecule has 1 amide bonds. The molecule has 2 aromatic rings. The minimum Gasteiger partial charge on any atom is -0.321 e. The first kappa shape index (κ1) is 14.1. The Bertz CT molecular complexity index is 627. The lowest BCUT2D eigenvalue weighted by Crippen LogP contribution is -2.12. The summed E-state index contributed by atoms with van der Waals surface area (Å²) in [6.07, 6.45) is 1.50. The van der Waals surface area contributed by atoms with Crippen molar-refractivity contribution in [1.82, 2.24) is 4.98 Å². The number of nitrogens with one attached hydrogen (secondary N) is 1. The number of pyridine rings is 1. The Morgan fingerprint density at radius 3 is 2.42 bits per heavy atom. The van der Waals surface area contributed by atoms with Crippen molar-refractivity contribution < 1.29 is 4.79 Å². The van der Waals surface area contributed by atoms with Crippen LogP contribution in [-0.4, -0.2) is 10.9 Å². The second kappa shape index (κ2) is 5.78. The third kappa shape index (κ3) is 3.38. The van der Waals surface area contributed by atoms with Gasteiger partial charge in [-0.15, -0.1) is 0 Å². The van der Waals surface area contributed by atoms with Gasteiger partial charge in [0.1, 0.15) is 0 Å². The first-order chi connectivity index (χ1) is 8.97. The van der Waals surface area contributed by atoms with Gasteiger partial charge in [-0.25, -0.2) is 0 Å². The molecule has 6 heteroatoms. The fourth-order valence-electron chi connectivity index (χ4n) is 1.41. The normalized spacial score (nSPS) is 10.3. The van der Waals surface area contributed by atoms with Crippen LogP contribution in [0.25, 0.3) is 0 Å². The van der Waals surface area contributed by atoms with Crippen molar-refractivity contribution in [1.29, 1.82) is 0 Å². The monoisotopic (exact) mass is 314 g/mol. The third-order valence-electron chi connectivity index (χ3n) is 2.43. The van der Waals surface area contributed by atoms with E-state index in [-0.39, 0.29) is 5.91 Å². The minimum atomic E-state index is -0.312. The van der Waals surface area contributed by atoms with E-state index in [1.54, 1.807) is 12.1 Å². The van der Waals surface area contributed by atoms with Crippen LogP contribution in [0, 0.1) is 6.92 Å². The van der Waals surface area contributed by atoms with E-state index < -0.39 is 0 Å². The van der Waals surface area contributed by atoms with Gasteiger partial charge in [-0.1, -0.05) is 34.8 Å². The van der Waals surface area contributed by atoms with Crippen LogP contribution in [0.5, 0.6) is 0 Å². The Kier molecular flexibility index (Phi) is 4.30. The zero-order valence-electron chi connectivity index (χ0n) is 9.88. The molecular formula is C13H9Cl3N2O. The first-order valence-corrected chi connectivity index (χ1v) is 6.49. The summed E-state index contributed by atoms with van der Waals surface area (Å²) in [7, 11) is 0. The van der Waals surface area contributed by atoms with Gasteiger partial charge in [-0.3, -0.25) is 9.78 Å². The fraction of sp³-hybridized carbons (Fsp3) is 0.0769. The average Bonchev–Trinajstić information content (AvgIpc) is 2.36. The van der Waals surface area contributed by atoms with Crippen molar-refractivity contribution in [3.8, 4) is 0 Å². The summed E-state index contributed by atoms with van der Waals surface area (Å²) in [4.78, 5) is 16.0. The Balaban J connectivity index is 2.24. The molecule has 3 nitrogen and oxygen atoms in total. The van der Waals surface area contributed by atoms with Crippen LogP contribution in [0.4, 0.5) is 5.69 Å². The Morgan fingerprint density at radius 2 is 1.79 bits per heavy atom.